The van der Waals surface area contributed by atoms with Crippen molar-refractivity contribution in [2.45, 2.75) is 38.5 Å². The van der Waals surface area contributed by atoms with E-state index in [1.807, 2.05) is 40.8 Å². The molecule has 3 rings (SSSR count). The number of hydrogen-bond acceptors (Lipinski definition) is 5. The Balaban J connectivity index is 1.54. The van der Waals surface area contributed by atoms with Crippen molar-refractivity contribution < 1.29 is 14.3 Å². The molecule has 134 valence electrons. The molecule has 0 bridgehead atoms. The number of ether oxygens (including phenoxy) is 2. The monoisotopic (exact) mass is 344 g/mol. The number of hydrogen-bond donors (Lipinski definition) is 0. The number of nitrogens with zero attached hydrogens (tertiary/aromatic N) is 4. The minimum absolute atomic E-state index is 0.0210. The van der Waals surface area contributed by atoms with Crippen molar-refractivity contribution in [2.75, 3.05) is 20.2 Å². The van der Waals surface area contributed by atoms with E-state index in [1.54, 1.807) is 13.4 Å². The molecule has 1 saturated heterocycles. The van der Waals surface area contributed by atoms with Crippen LogP contribution in [0.25, 0.3) is 0 Å². The fraction of sp³-hybridized carbons (Fsp3) is 0.500. The summed E-state index contributed by atoms with van der Waals surface area (Å²) in [4.78, 5) is 18.5. The van der Waals surface area contributed by atoms with Crippen LogP contribution in [0.3, 0.4) is 0 Å². The molecular weight excluding hydrogens is 320 g/mol. The van der Waals surface area contributed by atoms with Crippen molar-refractivity contribution >= 4 is 5.91 Å². The topological polar surface area (TPSA) is 69.5 Å². The molecule has 7 nitrogen and oxygen atoms in total. The molecule has 1 aliphatic heterocycles. The van der Waals surface area contributed by atoms with E-state index in [1.165, 1.54) is 6.33 Å². The molecule has 1 aromatic heterocycles. The zero-order valence-electron chi connectivity index (χ0n) is 14.7. The first-order valence-corrected chi connectivity index (χ1v) is 8.55. The third-order valence-electron chi connectivity index (χ3n) is 4.50. The van der Waals surface area contributed by atoms with Crippen LogP contribution in [0.2, 0.25) is 0 Å². The number of aromatic nitrogens is 3. The lowest BCUT2D eigenvalue weighted by atomic mass is 10.1. The van der Waals surface area contributed by atoms with Gasteiger partial charge in [-0.05, 0) is 37.5 Å². The number of benzene rings is 1. The van der Waals surface area contributed by atoms with Crippen molar-refractivity contribution in [2.24, 2.45) is 0 Å². The van der Waals surface area contributed by atoms with E-state index in [-0.39, 0.29) is 11.9 Å². The maximum Gasteiger partial charge on any atom is 0.251 e. The highest BCUT2D eigenvalue weighted by atomic mass is 16.5. The van der Waals surface area contributed by atoms with Crippen LogP contribution in [0.15, 0.2) is 36.9 Å². The van der Waals surface area contributed by atoms with Gasteiger partial charge in [-0.3, -0.25) is 4.79 Å². The van der Waals surface area contributed by atoms with Gasteiger partial charge < -0.3 is 14.4 Å². The Labute approximate surface area is 147 Å². The average Bonchev–Trinajstić information content (AvgIpc) is 3.20. The summed E-state index contributed by atoms with van der Waals surface area (Å²) < 4.78 is 12.8. The van der Waals surface area contributed by atoms with Crippen LogP contribution in [0.1, 0.15) is 31.4 Å². The lowest BCUT2D eigenvalue weighted by molar-refractivity contribution is -0.145. The second-order valence-corrected chi connectivity index (χ2v) is 6.26. The standard InChI is InChI=1S/C18H24N4O3/c1-14(25-11-15-5-3-7-17(9-15)24-2)18(23)21-8-4-6-16(10-21)22-13-19-12-20-22/h3,5,7,9,12-14,16H,4,6,8,10-11H2,1-2H3/t14-,16+/m1/s1. The summed E-state index contributed by atoms with van der Waals surface area (Å²) in [5.74, 6) is 0.805. The van der Waals surface area contributed by atoms with Gasteiger partial charge in [0.15, 0.2) is 0 Å². The molecule has 25 heavy (non-hydrogen) atoms. The second kappa shape index (κ2) is 8.11. The number of carbonyl (C=O) groups excluding carboxylic acids is 1. The van der Waals surface area contributed by atoms with E-state index in [4.69, 9.17) is 9.47 Å². The summed E-state index contributed by atoms with van der Waals surface area (Å²) in [5.41, 5.74) is 0.984. The van der Waals surface area contributed by atoms with Crippen molar-refractivity contribution in [1.29, 1.82) is 0 Å². The quantitative estimate of drug-likeness (QED) is 0.802. The van der Waals surface area contributed by atoms with Crippen molar-refractivity contribution in [3.63, 3.8) is 0 Å². The summed E-state index contributed by atoms with van der Waals surface area (Å²) >= 11 is 0. The molecule has 1 aromatic carbocycles. The first kappa shape index (κ1) is 17.4. The molecule has 0 saturated carbocycles. The molecule has 1 amide bonds. The molecule has 2 atom stereocenters. The van der Waals surface area contributed by atoms with E-state index in [2.05, 4.69) is 10.1 Å². The average molecular weight is 344 g/mol. The summed E-state index contributed by atoms with van der Waals surface area (Å²) in [6, 6.07) is 7.86. The highest BCUT2D eigenvalue weighted by molar-refractivity contribution is 5.80. The third kappa shape index (κ3) is 4.36. The molecule has 2 aromatic rings. The fourth-order valence-electron chi connectivity index (χ4n) is 3.09. The van der Waals surface area contributed by atoms with Crippen molar-refractivity contribution in [1.82, 2.24) is 19.7 Å². The number of likely N-dealkylation sites (tertiary alicyclic amines) is 1. The van der Waals surface area contributed by atoms with Crippen LogP contribution in [0.4, 0.5) is 0 Å². The van der Waals surface area contributed by atoms with Gasteiger partial charge in [-0.2, -0.15) is 5.10 Å². The minimum atomic E-state index is -0.485. The first-order chi connectivity index (χ1) is 12.2. The summed E-state index contributed by atoms with van der Waals surface area (Å²) in [5, 5.41) is 4.20. The lowest BCUT2D eigenvalue weighted by Gasteiger charge is -2.34. The van der Waals surface area contributed by atoms with E-state index >= 15 is 0 Å². The zero-order valence-corrected chi connectivity index (χ0v) is 14.7. The Morgan fingerprint density at radius 3 is 3.08 bits per heavy atom. The predicted octanol–water partition coefficient (Wildman–Crippen LogP) is 2.06. The van der Waals surface area contributed by atoms with Crippen LogP contribution < -0.4 is 4.74 Å². The molecule has 0 unspecified atom stereocenters. The number of piperidine rings is 1. The van der Waals surface area contributed by atoms with E-state index < -0.39 is 6.10 Å². The van der Waals surface area contributed by atoms with Gasteiger partial charge in [-0.1, -0.05) is 12.1 Å². The number of carbonyl (C=O) groups is 1. The lowest BCUT2D eigenvalue weighted by Crippen LogP contribution is -2.45. The van der Waals surface area contributed by atoms with Crippen LogP contribution >= 0.6 is 0 Å². The molecule has 0 radical (unpaired) electrons. The molecular formula is C18H24N4O3. The predicted molar refractivity (Wildman–Crippen MR) is 92.1 cm³/mol. The highest BCUT2D eigenvalue weighted by Crippen LogP contribution is 2.21. The van der Waals surface area contributed by atoms with E-state index in [9.17, 15) is 4.79 Å². The summed E-state index contributed by atoms with van der Waals surface area (Å²) in [7, 11) is 1.63. The smallest absolute Gasteiger partial charge is 0.251 e. The Morgan fingerprint density at radius 1 is 1.44 bits per heavy atom. The van der Waals surface area contributed by atoms with Crippen molar-refractivity contribution in [3.05, 3.63) is 42.5 Å². The van der Waals surface area contributed by atoms with Crippen LogP contribution in [0.5, 0.6) is 5.75 Å². The van der Waals surface area contributed by atoms with Gasteiger partial charge in [0.05, 0.1) is 19.8 Å². The zero-order chi connectivity index (χ0) is 17.6. The molecule has 1 fully saturated rings. The number of rotatable bonds is 6. The van der Waals surface area contributed by atoms with E-state index in [0.717, 1.165) is 30.7 Å². The van der Waals surface area contributed by atoms with Gasteiger partial charge in [-0.25, -0.2) is 9.67 Å². The van der Waals surface area contributed by atoms with Crippen LogP contribution in [-0.4, -0.2) is 51.9 Å². The maximum absolute atomic E-state index is 12.7. The SMILES string of the molecule is COc1cccc(CO[C@H](C)C(=O)N2CCC[C@H](n3cncn3)C2)c1. The van der Waals surface area contributed by atoms with Gasteiger partial charge >= 0.3 is 0 Å². The summed E-state index contributed by atoms with van der Waals surface area (Å²) in [6.07, 6.45) is 4.72. The largest absolute Gasteiger partial charge is 0.497 e. The molecule has 0 spiro atoms. The van der Waals surface area contributed by atoms with Crippen LogP contribution in [0, 0.1) is 0 Å². The van der Waals surface area contributed by atoms with Gasteiger partial charge in [0, 0.05) is 13.1 Å². The first-order valence-electron chi connectivity index (χ1n) is 8.55. The second-order valence-electron chi connectivity index (χ2n) is 6.26. The van der Waals surface area contributed by atoms with Crippen molar-refractivity contribution in [3.8, 4) is 5.75 Å². The number of amides is 1. The van der Waals surface area contributed by atoms with Gasteiger partial charge in [0.1, 0.15) is 24.5 Å². The fourth-order valence-corrected chi connectivity index (χ4v) is 3.09. The minimum Gasteiger partial charge on any atom is -0.497 e. The maximum atomic E-state index is 12.7. The van der Waals surface area contributed by atoms with Gasteiger partial charge in [0.25, 0.3) is 5.91 Å². The Hall–Kier alpha value is -2.41. The van der Waals surface area contributed by atoms with Gasteiger partial charge in [0.2, 0.25) is 0 Å². The Kier molecular flexibility index (Phi) is 5.65. The molecule has 0 N–H and O–H groups in total. The normalized spacial score (nSPS) is 18.8. The van der Waals surface area contributed by atoms with E-state index in [0.29, 0.717) is 13.2 Å². The Morgan fingerprint density at radius 2 is 2.32 bits per heavy atom. The number of methoxy groups -OCH3 is 1. The van der Waals surface area contributed by atoms with Crippen LogP contribution in [-0.2, 0) is 16.1 Å². The third-order valence-corrected chi connectivity index (χ3v) is 4.50. The highest BCUT2D eigenvalue weighted by Gasteiger charge is 2.28. The summed E-state index contributed by atoms with van der Waals surface area (Å²) in [6.45, 7) is 3.60. The molecule has 2 heterocycles. The van der Waals surface area contributed by atoms with Gasteiger partial charge in [-0.15, -0.1) is 0 Å². The molecule has 1 aliphatic rings. The Bertz CT molecular complexity index is 689. The molecule has 7 heteroatoms. The molecule has 0 aliphatic carbocycles.